The molecule has 1 aliphatic heterocycles. The Bertz CT molecular complexity index is 514. The van der Waals surface area contributed by atoms with Crippen molar-refractivity contribution in [2.75, 3.05) is 19.7 Å². The number of carbonyl (C=O) groups is 1. The van der Waals surface area contributed by atoms with E-state index in [1.54, 1.807) is 0 Å². The summed E-state index contributed by atoms with van der Waals surface area (Å²) in [5, 5.41) is 13.9. The third kappa shape index (κ3) is 3.41. The number of carbonyl (C=O) groups excluding carboxylic acids is 1. The third-order valence-corrected chi connectivity index (χ3v) is 3.23. The first kappa shape index (κ1) is 14.2. The van der Waals surface area contributed by atoms with Gasteiger partial charge in [-0.15, -0.1) is 0 Å². The van der Waals surface area contributed by atoms with E-state index in [1.165, 1.54) is 0 Å². The normalized spacial score (nSPS) is 15.8. The third-order valence-electron chi connectivity index (χ3n) is 3.23. The Morgan fingerprint density at radius 3 is 2.85 bits per heavy atom. The van der Waals surface area contributed by atoms with Gasteiger partial charge in [0, 0.05) is 6.07 Å². The Morgan fingerprint density at radius 2 is 2.25 bits per heavy atom. The summed E-state index contributed by atoms with van der Waals surface area (Å²) < 4.78 is 5.51. The molecule has 0 bridgehead atoms. The number of ether oxygens (including phenoxy) is 1. The minimum Gasteiger partial charge on any atom is -0.477 e. The standard InChI is InChI=1S/C12H16N4O4/c13-11(17)10-5-9(16(18)19)6-15-12(10)20-7-8-1-3-14-4-2-8/h5-6,8,14H,1-4,7H2,(H2,13,17). The predicted molar refractivity (Wildman–Crippen MR) is 70.5 cm³/mol. The Balaban J connectivity index is 2.09. The van der Waals surface area contributed by atoms with Gasteiger partial charge in [-0.05, 0) is 31.8 Å². The highest BCUT2D eigenvalue weighted by molar-refractivity contribution is 5.95. The largest absolute Gasteiger partial charge is 0.477 e. The number of hydrogen-bond acceptors (Lipinski definition) is 6. The van der Waals surface area contributed by atoms with Crippen molar-refractivity contribution in [3.05, 3.63) is 27.9 Å². The smallest absolute Gasteiger partial charge is 0.288 e. The molecule has 0 aliphatic carbocycles. The molecule has 0 radical (unpaired) electrons. The zero-order valence-corrected chi connectivity index (χ0v) is 10.9. The van der Waals surface area contributed by atoms with Gasteiger partial charge in [-0.2, -0.15) is 0 Å². The van der Waals surface area contributed by atoms with Crippen LogP contribution in [0.2, 0.25) is 0 Å². The molecule has 1 amide bonds. The highest BCUT2D eigenvalue weighted by atomic mass is 16.6. The molecule has 8 heteroatoms. The minimum atomic E-state index is -0.790. The van der Waals surface area contributed by atoms with Crippen LogP contribution in [0.1, 0.15) is 23.2 Å². The number of pyridine rings is 1. The first-order chi connectivity index (χ1) is 9.58. The SMILES string of the molecule is NC(=O)c1cc([N+](=O)[O-])cnc1OCC1CCNCC1. The lowest BCUT2D eigenvalue weighted by atomic mass is 9.99. The van der Waals surface area contributed by atoms with Gasteiger partial charge in [0.15, 0.2) is 0 Å². The Labute approximate surface area is 115 Å². The van der Waals surface area contributed by atoms with Gasteiger partial charge in [-0.25, -0.2) is 4.98 Å². The van der Waals surface area contributed by atoms with Crippen LogP contribution in [-0.4, -0.2) is 35.5 Å². The molecule has 3 N–H and O–H groups in total. The van der Waals surface area contributed by atoms with E-state index in [1.807, 2.05) is 0 Å². The summed E-state index contributed by atoms with van der Waals surface area (Å²) in [5.74, 6) is -0.350. The van der Waals surface area contributed by atoms with E-state index in [2.05, 4.69) is 10.3 Å². The quantitative estimate of drug-likeness (QED) is 0.597. The topological polar surface area (TPSA) is 120 Å². The first-order valence-electron chi connectivity index (χ1n) is 6.35. The summed E-state index contributed by atoms with van der Waals surface area (Å²) in [4.78, 5) is 25.2. The molecular weight excluding hydrogens is 264 g/mol. The van der Waals surface area contributed by atoms with Crippen molar-refractivity contribution in [2.24, 2.45) is 11.7 Å². The minimum absolute atomic E-state index is 0.0571. The van der Waals surface area contributed by atoms with Gasteiger partial charge in [-0.3, -0.25) is 14.9 Å². The van der Waals surface area contributed by atoms with Crippen LogP contribution >= 0.6 is 0 Å². The molecule has 0 spiro atoms. The molecule has 2 rings (SSSR count). The number of nitro groups is 1. The van der Waals surface area contributed by atoms with Crippen molar-refractivity contribution in [1.29, 1.82) is 0 Å². The number of nitrogens with two attached hydrogens (primary N) is 1. The van der Waals surface area contributed by atoms with Crippen LogP contribution in [0.25, 0.3) is 0 Å². The summed E-state index contributed by atoms with van der Waals surface area (Å²) in [6, 6.07) is 1.09. The monoisotopic (exact) mass is 280 g/mol. The first-order valence-corrected chi connectivity index (χ1v) is 6.35. The van der Waals surface area contributed by atoms with Crippen molar-refractivity contribution in [2.45, 2.75) is 12.8 Å². The number of amides is 1. The van der Waals surface area contributed by atoms with E-state index in [0.29, 0.717) is 12.5 Å². The van der Waals surface area contributed by atoms with E-state index >= 15 is 0 Å². The summed E-state index contributed by atoms with van der Waals surface area (Å²) in [7, 11) is 0. The fourth-order valence-electron chi connectivity index (χ4n) is 2.08. The van der Waals surface area contributed by atoms with Gasteiger partial charge in [-0.1, -0.05) is 0 Å². The summed E-state index contributed by atoms with van der Waals surface area (Å²) in [6.45, 7) is 2.29. The fourth-order valence-corrected chi connectivity index (χ4v) is 2.08. The Kier molecular flexibility index (Phi) is 4.46. The molecule has 1 aromatic heterocycles. The average Bonchev–Trinajstić information content (AvgIpc) is 2.45. The summed E-state index contributed by atoms with van der Waals surface area (Å²) in [5.41, 5.74) is 4.85. The number of primary amides is 1. The zero-order chi connectivity index (χ0) is 14.5. The molecule has 1 aliphatic rings. The Morgan fingerprint density at radius 1 is 1.55 bits per heavy atom. The van der Waals surface area contributed by atoms with Crippen molar-refractivity contribution >= 4 is 11.6 Å². The van der Waals surface area contributed by atoms with Crippen LogP contribution < -0.4 is 15.8 Å². The van der Waals surface area contributed by atoms with E-state index in [4.69, 9.17) is 10.5 Å². The lowest BCUT2D eigenvalue weighted by Gasteiger charge is -2.22. The second-order valence-electron chi connectivity index (χ2n) is 4.67. The molecule has 0 unspecified atom stereocenters. The van der Waals surface area contributed by atoms with Gasteiger partial charge in [0.05, 0.1) is 11.5 Å². The van der Waals surface area contributed by atoms with E-state index in [-0.39, 0.29) is 17.1 Å². The van der Waals surface area contributed by atoms with E-state index in [0.717, 1.165) is 38.2 Å². The van der Waals surface area contributed by atoms with Crippen LogP contribution in [0.15, 0.2) is 12.3 Å². The number of nitrogens with one attached hydrogen (secondary N) is 1. The molecule has 0 aromatic carbocycles. The van der Waals surface area contributed by atoms with Gasteiger partial charge in [0.25, 0.3) is 11.6 Å². The van der Waals surface area contributed by atoms with Crippen LogP contribution in [0.3, 0.4) is 0 Å². The summed E-state index contributed by atoms with van der Waals surface area (Å²) in [6.07, 6.45) is 3.03. The van der Waals surface area contributed by atoms with Gasteiger partial charge < -0.3 is 15.8 Å². The van der Waals surface area contributed by atoms with Gasteiger partial charge in [0.2, 0.25) is 5.88 Å². The van der Waals surface area contributed by atoms with Crippen molar-refractivity contribution in [3.8, 4) is 5.88 Å². The lowest BCUT2D eigenvalue weighted by Crippen LogP contribution is -2.31. The molecule has 0 saturated carbocycles. The fraction of sp³-hybridized carbons (Fsp3) is 0.500. The number of nitrogens with zero attached hydrogens (tertiary/aromatic N) is 2. The van der Waals surface area contributed by atoms with E-state index in [9.17, 15) is 14.9 Å². The van der Waals surface area contributed by atoms with Crippen molar-refractivity contribution < 1.29 is 14.5 Å². The maximum atomic E-state index is 11.3. The second kappa shape index (κ2) is 6.29. The summed E-state index contributed by atoms with van der Waals surface area (Å²) >= 11 is 0. The number of piperidine rings is 1. The predicted octanol–water partition coefficient (Wildman–Crippen LogP) is 0.467. The molecule has 8 nitrogen and oxygen atoms in total. The average molecular weight is 280 g/mol. The lowest BCUT2D eigenvalue weighted by molar-refractivity contribution is -0.385. The number of hydrogen-bond donors (Lipinski definition) is 2. The van der Waals surface area contributed by atoms with Crippen LogP contribution in [0.4, 0.5) is 5.69 Å². The zero-order valence-electron chi connectivity index (χ0n) is 10.9. The van der Waals surface area contributed by atoms with Gasteiger partial charge in [0.1, 0.15) is 11.8 Å². The molecule has 20 heavy (non-hydrogen) atoms. The molecule has 2 heterocycles. The van der Waals surface area contributed by atoms with E-state index < -0.39 is 10.8 Å². The van der Waals surface area contributed by atoms with Gasteiger partial charge >= 0.3 is 0 Å². The molecule has 1 saturated heterocycles. The highest BCUT2D eigenvalue weighted by Crippen LogP contribution is 2.22. The maximum Gasteiger partial charge on any atom is 0.288 e. The second-order valence-corrected chi connectivity index (χ2v) is 4.67. The molecule has 1 fully saturated rings. The van der Waals surface area contributed by atoms with Crippen LogP contribution in [0, 0.1) is 16.0 Å². The molecule has 1 aromatic rings. The highest BCUT2D eigenvalue weighted by Gasteiger charge is 2.19. The van der Waals surface area contributed by atoms with Crippen LogP contribution in [-0.2, 0) is 0 Å². The van der Waals surface area contributed by atoms with Crippen molar-refractivity contribution in [1.82, 2.24) is 10.3 Å². The van der Waals surface area contributed by atoms with Crippen molar-refractivity contribution in [3.63, 3.8) is 0 Å². The molecule has 0 atom stereocenters. The Hall–Kier alpha value is -2.22. The van der Waals surface area contributed by atoms with Crippen LogP contribution in [0.5, 0.6) is 5.88 Å². The number of rotatable bonds is 5. The molecular formula is C12H16N4O4. The number of aromatic nitrogens is 1. The molecule has 108 valence electrons. The maximum absolute atomic E-state index is 11.3.